The molecule has 4 rings (SSSR count). The van der Waals surface area contributed by atoms with Crippen LogP contribution < -0.4 is 0 Å². The van der Waals surface area contributed by atoms with E-state index in [4.69, 9.17) is 0 Å². The van der Waals surface area contributed by atoms with Crippen molar-refractivity contribution in [1.29, 1.82) is 0 Å². The molecule has 0 radical (unpaired) electrons. The Balaban J connectivity index is 1.75. The number of hydrogen-bond donors (Lipinski definition) is 0. The third-order valence-electron chi connectivity index (χ3n) is 4.84. The number of benzene rings is 1. The van der Waals surface area contributed by atoms with Gasteiger partial charge in [0.25, 0.3) is 0 Å². The first-order chi connectivity index (χ1) is 12.0. The van der Waals surface area contributed by atoms with E-state index in [-0.39, 0.29) is 5.91 Å². The second-order valence-electron chi connectivity index (χ2n) is 6.87. The Morgan fingerprint density at radius 3 is 2.60 bits per heavy atom. The number of hydrogen-bond acceptors (Lipinski definition) is 4. The van der Waals surface area contributed by atoms with Gasteiger partial charge >= 0.3 is 0 Å². The number of aromatic nitrogens is 3. The van der Waals surface area contributed by atoms with Gasteiger partial charge in [-0.1, -0.05) is 23.4 Å². The summed E-state index contributed by atoms with van der Waals surface area (Å²) in [5, 5.41) is 10.7. The second-order valence-corrected chi connectivity index (χ2v) is 7.81. The number of thioether (sulfide) groups is 1. The number of aryl methyl sites for hydroxylation is 3. The van der Waals surface area contributed by atoms with Crippen LogP contribution in [0.25, 0.3) is 16.6 Å². The van der Waals surface area contributed by atoms with Gasteiger partial charge in [-0.3, -0.25) is 9.20 Å². The van der Waals surface area contributed by atoms with Gasteiger partial charge in [0.1, 0.15) is 0 Å². The first kappa shape index (κ1) is 16.4. The van der Waals surface area contributed by atoms with E-state index in [1.165, 1.54) is 28.3 Å². The fourth-order valence-electron chi connectivity index (χ4n) is 3.71. The number of pyridine rings is 1. The van der Waals surface area contributed by atoms with Crippen molar-refractivity contribution < 1.29 is 4.79 Å². The molecule has 6 heteroatoms. The molecule has 1 aliphatic rings. The number of carbonyl (C=O) groups is 1. The largest absolute Gasteiger partial charge is 0.342 e. The lowest BCUT2D eigenvalue weighted by Crippen LogP contribution is -2.29. The summed E-state index contributed by atoms with van der Waals surface area (Å²) in [5.41, 5.74) is 5.55. The average Bonchev–Trinajstić information content (AvgIpc) is 3.22. The Labute approximate surface area is 151 Å². The van der Waals surface area contributed by atoms with Gasteiger partial charge in [-0.25, -0.2) is 0 Å². The molecule has 0 atom stereocenters. The van der Waals surface area contributed by atoms with Crippen LogP contribution in [0.5, 0.6) is 0 Å². The van der Waals surface area contributed by atoms with E-state index < -0.39 is 0 Å². The molecule has 0 aliphatic carbocycles. The van der Waals surface area contributed by atoms with Crippen molar-refractivity contribution in [3.8, 4) is 0 Å². The van der Waals surface area contributed by atoms with Gasteiger partial charge in [-0.05, 0) is 62.3 Å². The molecule has 0 saturated carbocycles. The van der Waals surface area contributed by atoms with Crippen molar-refractivity contribution in [3.63, 3.8) is 0 Å². The maximum Gasteiger partial charge on any atom is 0.233 e. The molecule has 0 spiro atoms. The fraction of sp³-hybridized carbons (Fsp3) is 0.421. The van der Waals surface area contributed by atoms with Gasteiger partial charge < -0.3 is 4.90 Å². The summed E-state index contributed by atoms with van der Waals surface area (Å²) in [6.07, 6.45) is 2.24. The second kappa shape index (κ2) is 6.33. The first-order valence-corrected chi connectivity index (χ1v) is 9.69. The number of carbonyl (C=O) groups excluding carboxylic acids is 1. The Morgan fingerprint density at radius 1 is 1.08 bits per heavy atom. The quantitative estimate of drug-likeness (QED) is 0.675. The highest BCUT2D eigenvalue weighted by atomic mass is 32.2. The lowest BCUT2D eigenvalue weighted by atomic mass is 10.1. The summed E-state index contributed by atoms with van der Waals surface area (Å²) in [5.74, 6) is 0.616. The van der Waals surface area contributed by atoms with E-state index >= 15 is 0 Å². The summed E-state index contributed by atoms with van der Waals surface area (Å²) in [6.45, 7) is 8.07. The van der Waals surface area contributed by atoms with Crippen LogP contribution in [-0.4, -0.2) is 44.2 Å². The molecule has 25 heavy (non-hydrogen) atoms. The van der Waals surface area contributed by atoms with Crippen LogP contribution in [0.1, 0.15) is 29.5 Å². The lowest BCUT2D eigenvalue weighted by Gasteiger charge is -2.14. The highest BCUT2D eigenvalue weighted by Crippen LogP contribution is 2.28. The maximum atomic E-state index is 12.4. The molecule has 0 bridgehead atoms. The maximum absolute atomic E-state index is 12.4. The minimum atomic E-state index is 0.198. The number of amides is 1. The minimum absolute atomic E-state index is 0.198. The Bertz CT molecular complexity index is 973. The van der Waals surface area contributed by atoms with Crippen molar-refractivity contribution in [1.82, 2.24) is 19.5 Å². The number of fused-ring (bicyclic) bond motifs is 3. The number of rotatable bonds is 3. The molecule has 1 aliphatic heterocycles. The molecule has 1 aromatic carbocycles. The molecule has 130 valence electrons. The van der Waals surface area contributed by atoms with Crippen LogP contribution in [0.2, 0.25) is 0 Å². The standard InChI is InChI=1S/C19H22N4OS/c1-12-8-13(2)17-15(9-12)10-14(3)18-20-21-19(23(17)18)25-11-16(24)22-6-4-5-7-22/h8-10H,4-7,11H2,1-3H3. The van der Waals surface area contributed by atoms with Gasteiger partial charge in [0, 0.05) is 13.1 Å². The van der Waals surface area contributed by atoms with Gasteiger partial charge in [0.15, 0.2) is 10.8 Å². The molecule has 1 saturated heterocycles. The zero-order valence-corrected chi connectivity index (χ0v) is 15.7. The molecule has 3 heterocycles. The summed E-state index contributed by atoms with van der Waals surface area (Å²) in [6, 6.07) is 6.54. The fourth-order valence-corrected chi connectivity index (χ4v) is 4.55. The molecular weight excluding hydrogens is 332 g/mol. The Morgan fingerprint density at radius 2 is 1.84 bits per heavy atom. The van der Waals surface area contributed by atoms with Gasteiger partial charge in [-0.15, -0.1) is 10.2 Å². The molecule has 0 unspecified atom stereocenters. The summed E-state index contributed by atoms with van der Waals surface area (Å²) < 4.78 is 2.11. The predicted molar refractivity (Wildman–Crippen MR) is 101 cm³/mol. The monoisotopic (exact) mass is 354 g/mol. The van der Waals surface area contributed by atoms with E-state index in [0.29, 0.717) is 5.75 Å². The van der Waals surface area contributed by atoms with Crippen molar-refractivity contribution in [2.24, 2.45) is 0 Å². The molecule has 2 aromatic heterocycles. The Hall–Kier alpha value is -2.08. The molecule has 1 fully saturated rings. The molecule has 3 aromatic rings. The summed E-state index contributed by atoms with van der Waals surface area (Å²) in [7, 11) is 0. The van der Waals surface area contributed by atoms with Crippen LogP contribution in [0, 0.1) is 20.8 Å². The normalized spacial score (nSPS) is 14.8. The third-order valence-corrected chi connectivity index (χ3v) is 5.75. The molecule has 0 N–H and O–H groups in total. The first-order valence-electron chi connectivity index (χ1n) is 8.71. The summed E-state index contributed by atoms with van der Waals surface area (Å²) >= 11 is 1.49. The summed E-state index contributed by atoms with van der Waals surface area (Å²) in [4.78, 5) is 14.3. The van der Waals surface area contributed by atoms with Crippen molar-refractivity contribution in [3.05, 3.63) is 34.9 Å². The van der Waals surface area contributed by atoms with Crippen LogP contribution in [0.4, 0.5) is 0 Å². The zero-order valence-electron chi connectivity index (χ0n) is 14.9. The minimum Gasteiger partial charge on any atom is -0.342 e. The van der Waals surface area contributed by atoms with E-state index in [9.17, 15) is 4.79 Å². The van der Waals surface area contributed by atoms with Crippen LogP contribution in [0.3, 0.4) is 0 Å². The number of likely N-dealkylation sites (tertiary alicyclic amines) is 1. The highest BCUT2D eigenvalue weighted by molar-refractivity contribution is 7.99. The topological polar surface area (TPSA) is 50.5 Å². The lowest BCUT2D eigenvalue weighted by molar-refractivity contribution is -0.127. The average molecular weight is 354 g/mol. The molecular formula is C19H22N4OS. The molecule has 5 nitrogen and oxygen atoms in total. The van der Waals surface area contributed by atoms with Gasteiger partial charge in [0.05, 0.1) is 11.3 Å². The van der Waals surface area contributed by atoms with Crippen LogP contribution >= 0.6 is 11.8 Å². The Kier molecular flexibility index (Phi) is 4.15. The van der Waals surface area contributed by atoms with Crippen molar-refractivity contribution in [2.45, 2.75) is 38.8 Å². The zero-order chi connectivity index (χ0) is 17.6. The van der Waals surface area contributed by atoms with E-state index in [1.807, 2.05) is 4.90 Å². The van der Waals surface area contributed by atoms with Crippen molar-refractivity contribution >= 4 is 34.2 Å². The van der Waals surface area contributed by atoms with Gasteiger partial charge in [-0.2, -0.15) is 0 Å². The van der Waals surface area contributed by atoms with E-state index in [0.717, 1.165) is 47.8 Å². The van der Waals surface area contributed by atoms with Crippen LogP contribution in [0.15, 0.2) is 23.4 Å². The van der Waals surface area contributed by atoms with E-state index in [2.05, 4.69) is 53.6 Å². The van der Waals surface area contributed by atoms with Crippen molar-refractivity contribution in [2.75, 3.05) is 18.8 Å². The third kappa shape index (κ3) is 2.88. The van der Waals surface area contributed by atoms with Crippen LogP contribution in [-0.2, 0) is 4.79 Å². The number of nitrogens with zero attached hydrogens (tertiary/aromatic N) is 4. The highest BCUT2D eigenvalue weighted by Gasteiger charge is 2.20. The molecule has 1 amide bonds. The SMILES string of the molecule is Cc1cc(C)c2c(c1)cc(C)c1nnc(SCC(=O)N3CCCC3)n12. The van der Waals surface area contributed by atoms with E-state index in [1.54, 1.807) is 0 Å². The smallest absolute Gasteiger partial charge is 0.233 e. The predicted octanol–water partition coefficient (Wildman–Crippen LogP) is 3.52. The van der Waals surface area contributed by atoms with Gasteiger partial charge in [0.2, 0.25) is 5.91 Å².